The van der Waals surface area contributed by atoms with Gasteiger partial charge in [-0.3, -0.25) is 0 Å². The Morgan fingerprint density at radius 2 is 2.09 bits per heavy atom. The molecule has 0 spiro atoms. The van der Waals surface area contributed by atoms with E-state index in [0.717, 1.165) is 43.5 Å². The third-order valence-electron chi connectivity index (χ3n) is 3.76. The molecule has 0 aliphatic rings. The molecule has 0 bridgehead atoms. The topological polar surface area (TPSA) is 64.9 Å². The first-order valence-corrected chi connectivity index (χ1v) is 7.96. The van der Waals surface area contributed by atoms with E-state index < -0.39 is 0 Å². The van der Waals surface area contributed by atoms with Gasteiger partial charge in [-0.15, -0.1) is 0 Å². The average molecular weight is 325 g/mol. The zero-order chi connectivity index (χ0) is 16.0. The normalized spacial score (nSPS) is 11.3. The van der Waals surface area contributed by atoms with Gasteiger partial charge in [0.2, 0.25) is 0 Å². The summed E-state index contributed by atoms with van der Waals surface area (Å²) in [6.45, 7) is 0. The van der Waals surface area contributed by atoms with Crippen molar-refractivity contribution in [1.82, 2.24) is 19.5 Å². The van der Waals surface area contributed by atoms with Crippen molar-refractivity contribution >= 4 is 38.5 Å². The fourth-order valence-electron chi connectivity index (χ4n) is 2.63. The summed E-state index contributed by atoms with van der Waals surface area (Å²) in [7, 11) is 5.49. The number of methoxy groups -OCH3 is 1. The summed E-state index contributed by atoms with van der Waals surface area (Å²) in [5.41, 5.74) is 3.73. The Morgan fingerprint density at radius 1 is 1.22 bits per heavy atom. The quantitative estimate of drug-likeness (QED) is 0.626. The largest absolute Gasteiger partial charge is 0.497 e. The molecule has 3 aromatic heterocycles. The van der Waals surface area contributed by atoms with Gasteiger partial charge in [-0.1, -0.05) is 23.5 Å². The number of ether oxygens (including phenoxy) is 1. The van der Waals surface area contributed by atoms with Crippen LogP contribution in [0.3, 0.4) is 0 Å². The number of fused-ring (bicyclic) bond motifs is 3. The van der Waals surface area contributed by atoms with Crippen molar-refractivity contribution in [1.29, 1.82) is 0 Å². The first-order chi connectivity index (χ1) is 11.2. The van der Waals surface area contributed by atoms with Crippen molar-refractivity contribution in [2.24, 2.45) is 7.05 Å². The van der Waals surface area contributed by atoms with Crippen LogP contribution >= 0.6 is 11.3 Å². The molecular weight excluding hydrogens is 310 g/mol. The van der Waals surface area contributed by atoms with Crippen molar-refractivity contribution in [3.05, 3.63) is 30.6 Å². The molecule has 116 valence electrons. The Hall–Kier alpha value is -2.67. The van der Waals surface area contributed by atoms with Crippen molar-refractivity contribution in [2.45, 2.75) is 0 Å². The van der Waals surface area contributed by atoms with Crippen LogP contribution in [0.5, 0.6) is 5.75 Å². The van der Waals surface area contributed by atoms with Gasteiger partial charge < -0.3 is 14.6 Å². The van der Waals surface area contributed by atoms with Crippen LogP contribution in [0.25, 0.3) is 32.0 Å². The molecule has 0 saturated heterocycles. The Bertz CT molecular complexity index is 1020. The lowest BCUT2D eigenvalue weighted by atomic mass is 10.2. The second-order valence-electron chi connectivity index (χ2n) is 5.17. The Morgan fingerprint density at radius 3 is 2.87 bits per heavy atom. The fraction of sp³-hybridized carbons (Fsp3) is 0.188. The lowest BCUT2D eigenvalue weighted by molar-refractivity contribution is 0.415. The van der Waals surface area contributed by atoms with Crippen molar-refractivity contribution < 1.29 is 4.74 Å². The average Bonchev–Trinajstić information content (AvgIpc) is 3.17. The molecule has 4 rings (SSSR count). The number of imidazole rings is 1. The highest BCUT2D eigenvalue weighted by molar-refractivity contribution is 7.21. The molecule has 0 saturated carbocycles. The van der Waals surface area contributed by atoms with Gasteiger partial charge in [0, 0.05) is 19.7 Å². The summed E-state index contributed by atoms with van der Waals surface area (Å²) in [6.07, 6.45) is 1.79. The predicted molar refractivity (Wildman–Crippen MR) is 93.2 cm³/mol. The minimum atomic E-state index is 0.772. The van der Waals surface area contributed by atoms with Gasteiger partial charge in [0.25, 0.3) is 0 Å². The SMILES string of the molecule is CNc1nc2sc(-c3cccc(OC)c3)nc2c2c1ncn2C. The molecule has 0 atom stereocenters. The molecule has 7 heteroatoms. The molecule has 0 aliphatic carbocycles. The van der Waals surface area contributed by atoms with E-state index in [1.54, 1.807) is 24.8 Å². The number of nitrogens with zero attached hydrogens (tertiary/aromatic N) is 4. The van der Waals surface area contributed by atoms with Crippen LogP contribution in [-0.2, 0) is 7.05 Å². The maximum Gasteiger partial charge on any atom is 0.155 e. The van der Waals surface area contributed by atoms with Crippen molar-refractivity contribution in [2.75, 3.05) is 19.5 Å². The number of pyridine rings is 1. The van der Waals surface area contributed by atoms with E-state index >= 15 is 0 Å². The molecule has 6 nitrogen and oxygen atoms in total. The van der Waals surface area contributed by atoms with Crippen LogP contribution in [0.1, 0.15) is 0 Å². The zero-order valence-electron chi connectivity index (χ0n) is 13.0. The van der Waals surface area contributed by atoms with Gasteiger partial charge in [0.1, 0.15) is 32.1 Å². The maximum atomic E-state index is 5.30. The number of hydrogen-bond acceptors (Lipinski definition) is 6. The monoisotopic (exact) mass is 325 g/mol. The second-order valence-corrected chi connectivity index (χ2v) is 6.15. The number of benzene rings is 1. The highest BCUT2D eigenvalue weighted by Crippen LogP contribution is 2.35. The van der Waals surface area contributed by atoms with Crippen LogP contribution < -0.4 is 10.1 Å². The number of hydrogen-bond donors (Lipinski definition) is 1. The molecule has 23 heavy (non-hydrogen) atoms. The predicted octanol–water partition coefficient (Wildman–Crippen LogP) is 3.30. The van der Waals surface area contributed by atoms with Gasteiger partial charge in [-0.05, 0) is 12.1 Å². The Kier molecular flexibility index (Phi) is 3.16. The number of aromatic nitrogens is 4. The zero-order valence-corrected chi connectivity index (χ0v) is 13.8. The Labute approximate surface area is 136 Å². The van der Waals surface area contributed by atoms with Gasteiger partial charge >= 0.3 is 0 Å². The van der Waals surface area contributed by atoms with E-state index in [9.17, 15) is 0 Å². The van der Waals surface area contributed by atoms with Crippen molar-refractivity contribution in [3.63, 3.8) is 0 Å². The fourth-order valence-corrected chi connectivity index (χ4v) is 3.57. The molecular formula is C16H15N5OS. The summed E-state index contributed by atoms with van der Waals surface area (Å²) in [4.78, 5) is 14.8. The van der Waals surface area contributed by atoms with Crippen LogP contribution in [0.2, 0.25) is 0 Å². The van der Waals surface area contributed by atoms with Crippen LogP contribution in [0.4, 0.5) is 5.82 Å². The second kappa shape index (κ2) is 5.20. The molecule has 3 heterocycles. The van der Waals surface area contributed by atoms with E-state index in [1.165, 1.54) is 0 Å². The Balaban J connectivity index is 2.00. The minimum Gasteiger partial charge on any atom is -0.497 e. The van der Waals surface area contributed by atoms with Crippen LogP contribution in [0, 0.1) is 0 Å². The van der Waals surface area contributed by atoms with E-state index in [0.29, 0.717) is 0 Å². The maximum absolute atomic E-state index is 5.30. The summed E-state index contributed by atoms with van der Waals surface area (Å²) >= 11 is 1.57. The molecule has 1 aromatic carbocycles. The van der Waals surface area contributed by atoms with E-state index in [4.69, 9.17) is 9.72 Å². The van der Waals surface area contributed by atoms with Gasteiger partial charge in [-0.25, -0.2) is 15.0 Å². The summed E-state index contributed by atoms with van der Waals surface area (Å²) < 4.78 is 7.28. The molecule has 4 aromatic rings. The standard InChI is InChI=1S/C16H15N5OS/c1-17-14-11-13(21(2)8-18-11)12-16(20-14)23-15(19-12)9-5-4-6-10(7-9)22-3/h4-8H,1-3H3,(H,17,20). The highest BCUT2D eigenvalue weighted by Gasteiger charge is 2.17. The lowest BCUT2D eigenvalue weighted by Crippen LogP contribution is -1.95. The minimum absolute atomic E-state index is 0.772. The van der Waals surface area contributed by atoms with Crippen LogP contribution in [0.15, 0.2) is 30.6 Å². The first kappa shape index (κ1) is 14.0. The smallest absolute Gasteiger partial charge is 0.155 e. The van der Waals surface area contributed by atoms with E-state index in [-0.39, 0.29) is 0 Å². The van der Waals surface area contributed by atoms with E-state index in [1.807, 2.05) is 42.9 Å². The number of rotatable bonds is 3. The van der Waals surface area contributed by atoms with Crippen LogP contribution in [-0.4, -0.2) is 33.7 Å². The molecule has 0 aliphatic heterocycles. The molecule has 0 amide bonds. The lowest BCUT2D eigenvalue weighted by Gasteiger charge is -2.01. The highest BCUT2D eigenvalue weighted by atomic mass is 32.1. The number of nitrogens with one attached hydrogen (secondary N) is 1. The third kappa shape index (κ3) is 2.12. The molecule has 0 fully saturated rings. The first-order valence-electron chi connectivity index (χ1n) is 7.15. The summed E-state index contributed by atoms with van der Waals surface area (Å²) in [5.74, 6) is 1.59. The van der Waals surface area contributed by atoms with Gasteiger partial charge in [0.15, 0.2) is 5.82 Å². The molecule has 0 radical (unpaired) electrons. The number of thiazole rings is 1. The van der Waals surface area contributed by atoms with E-state index in [2.05, 4.69) is 15.3 Å². The summed E-state index contributed by atoms with van der Waals surface area (Å²) in [6, 6.07) is 7.90. The van der Waals surface area contributed by atoms with Gasteiger partial charge in [0.05, 0.1) is 13.4 Å². The summed E-state index contributed by atoms with van der Waals surface area (Å²) in [5, 5.41) is 4.03. The number of anilines is 1. The van der Waals surface area contributed by atoms with Gasteiger partial charge in [-0.2, -0.15) is 0 Å². The number of aryl methyl sites for hydroxylation is 1. The molecule has 1 N–H and O–H groups in total. The van der Waals surface area contributed by atoms with Crippen molar-refractivity contribution in [3.8, 4) is 16.3 Å². The third-order valence-corrected chi connectivity index (χ3v) is 4.76. The molecule has 0 unspecified atom stereocenters.